The van der Waals surface area contributed by atoms with Crippen molar-refractivity contribution >= 4 is 34.0 Å². The van der Waals surface area contributed by atoms with Crippen LogP contribution in [0.4, 0.5) is 0 Å². The van der Waals surface area contributed by atoms with E-state index in [0.29, 0.717) is 28.9 Å². The smallest absolute Gasteiger partial charge is 0.336 e. The van der Waals surface area contributed by atoms with Crippen LogP contribution in [-0.2, 0) is 9.53 Å². The van der Waals surface area contributed by atoms with Gasteiger partial charge < -0.3 is 18.3 Å². The normalized spacial score (nSPS) is 11.4. The number of ether oxygens (including phenoxy) is 2. The quantitative estimate of drug-likeness (QED) is 0.418. The number of carbonyl (C=O) groups is 1. The summed E-state index contributed by atoms with van der Waals surface area (Å²) >= 11 is 0. The first-order valence-electron chi connectivity index (χ1n) is 7.01. The Labute approximate surface area is 130 Å². The van der Waals surface area contributed by atoms with Gasteiger partial charge in [-0.2, -0.15) is 0 Å². The molecular weight excluding hydrogens is 300 g/mol. The zero-order valence-electron chi connectivity index (χ0n) is 12.6. The fourth-order valence-electron chi connectivity index (χ4n) is 2.45. The Hall–Kier alpha value is -3.02. The third-order valence-electron chi connectivity index (χ3n) is 3.37. The molecule has 3 rings (SSSR count). The maximum atomic E-state index is 11.6. The van der Waals surface area contributed by atoms with E-state index in [4.69, 9.17) is 18.3 Å². The molecule has 0 N–H and O–H groups in total. The molecule has 0 aliphatic rings. The molecular formula is C17H14O6. The third-order valence-corrected chi connectivity index (χ3v) is 3.37. The molecule has 3 aromatic rings. The van der Waals surface area contributed by atoms with Gasteiger partial charge in [-0.05, 0) is 30.7 Å². The first kappa shape index (κ1) is 14.9. The highest BCUT2D eigenvalue weighted by Gasteiger charge is 2.18. The molecule has 23 heavy (non-hydrogen) atoms. The van der Waals surface area contributed by atoms with Crippen LogP contribution < -0.4 is 10.4 Å². The number of carbonyl (C=O) groups excluding carboxylic acids is 1. The van der Waals surface area contributed by atoms with Gasteiger partial charge >= 0.3 is 11.6 Å². The van der Waals surface area contributed by atoms with E-state index in [9.17, 15) is 9.59 Å². The molecule has 0 saturated heterocycles. The van der Waals surface area contributed by atoms with Gasteiger partial charge in [0.2, 0.25) is 5.75 Å². The van der Waals surface area contributed by atoms with Crippen LogP contribution in [-0.4, -0.2) is 19.7 Å². The van der Waals surface area contributed by atoms with Crippen LogP contribution in [0.3, 0.4) is 0 Å². The van der Waals surface area contributed by atoms with Crippen LogP contribution in [0.25, 0.3) is 28.0 Å². The van der Waals surface area contributed by atoms with Gasteiger partial charge in [-0.15, -0.1) is 0 Å². The molecule has 0 bridgehead atoms. The van der Waals surface area contributed by atoms with Crippen LogP contribution in [0.2, 0.25) is 0 Å². The molecule has 0 spiro atoms. The number of furan rings is 1. The summed E-state index contributed by atoms with van der Waals surface area (Å²) in [6, 6.07) is 4.70. The number of fused-ring (bicyclic) bond motifs is 2. The standard InChI is InChI=1S/C17H14O6/c1-3-21-13(18)6-4-10-11-5-7-14(19)23-16(11)17(20-2)15-12(10)8-9-22-15/h4-9H,3H2,1-2H3/b6-4+. The summed E-state index contributed by atoms with van der Waals surface area (Å²) in [5.74, 6) is -0.114. The van der Waals surface area contributed by atoms with Crippen molar-refractivity contribution in [1.82, 2.24) is 0 Å². The van der Waals surface area contributed by atoms with Crippen molar-refractivity contribution in [2.24, 2.45) is 0 Å². The molecule has 0 fully saturated rings. The lowest BCUT2D eigenvalue weighted by Gasteiger charge is -2.08. The van der Waals surface area contributed by atoms with Gasteiger partial charge in [0.25, 0.3) is 0 Å². The van der Waals surface area contributed by atoms with E-state index in [2.05, 4.69) is 0 Å². The Morgan fingerprint density at radius 3 is 2.74 bits per heavy atom. The van der Waals surface area contributed by atoms with Crippen molar-refractivity contribution in [3.8, 4) is 5.75 Å². The molecule has 2 aromatic heterocycles. The van der Waals surface area contributed by atoms with Gasteiger partial charge in [-0.25, -0.2) is 9.59 Å². The molecule has 2 heterocycles. The molecule has 0 amide bonds. The summed E-state index contributed by atoms with van der Waals surface area (Å²) in [5, 5.41) is 1.37. The summed E-state index contributed by atoms with van der Waals surface area (Å²) < 4.78 is 20.9. The van der Waals surface area contributed by atoms with Gasteiger partial charge in [-0.3, -0.25) is 0 Å². The fourth-order valence-corrected chi connectivity index (χ4v) is 2.45. The molecule has 0 atom stereocenters. The predicted molar refractivity (Wildman–Crippen MR) is 84.5 cm³/mol. The lowest BCUT2D eigenvalue weighted by Crippen LogP contribution is -2.00. The van der Waals surface area contributed by atoms with E-state index in [0.717, 1.165) is 5.39 Å². The highest BCUT2D eigenvalue weighted by atomic mass is 16.5. The van der Waals surface area contributed by atoms with E-state index in [1.165, 1.54) is 25.5 Å². The molecule has 118 valence electrons. The number of benzene rings is 1. The Morgan fingerprint density at radius 1 is 1.22 bits per heavy atom. The zero-order valence-corrected chi connectivity index (χ0v) is 12.6. The average molecular weight is 314 g/mol. The van der Waals surface area contributed by atoms with Crippen molar-refractivity contribution in [2.45, 2.75) is 6.92 Å². The largest absolute Gasteiger partial charge is 0.490 e. The minimum absolute atomic E-state index is 0.269. The Kier molecular flexibility index (Phi) is 3.89. The molecule has 0 aliphatic heterocycles. The number of hydrogen-bond acceptors (Lipinski definition) is 6. The molecule has 6 heteroatoms. The summed E-state index contributed by atoms with van der Waals surface area (Å²) in [5.41, 5.74) is 0.896. The maximum absolute atomic E-state index is 11.6. The van der Waals surface area contributed by atoms with Crippen molar-refractivity contribution in [3.63, 3.8) is 0 Å². The molecule has 0 aliphatic carbocycles. The lowest BCUT2D eigenvalue weighted by molar-refractivity contribution is -0.137. The minimum Gasteiger partial charge on any atom is -0.490 e. The predicted octanol–water partition coefficient (Wildman–Crippen LogP) is 3.12. The summed E-state index contributed by atoms with van der Waals surface area (Å²) in [4.78, 5) is 23.1. The van der Waals surface area contributed by atoms with Crippen LogP contribution in [0, 0.1) is 0 Å². The summed E-state index contributed by atoms with van der Waals surface area (Å²) in [7, 11) is 1.47. The second-order valence-corrected chi connectivity index (χ2v) is 4.69. The minimum atomic E-state index is -0.498. The van der Waals surface area contributed by atoms with Crippen molar-refractivity contribution in [3.05, 3.63) is 46.5 Å². The first-order valence-corrected chi connectivity index (χ1v) is 7.01. The molecule has 1 aromatic carbocycles. The van der Waals surface area contributed by atoms with E-state index in [1.54, 1.807) is 25.1 Å². The molecule has 0 unspecified atom stereocenters. The van der Waals surface area contributed by atoms with Gasteiger partial charge in [-0.1, -0.05) is 0 Å². The monoisotopic (exact) mass is 314 g/mol. The Bertz CT molecular complexity index is 960. The SMILES string of the molecule is CCOC(=O)/C=C/c1c2ccoc2c(OC)c2oc(=O)ccc12. The van der Waals surface area contributed by atoms with Crippen molar-refractivity contribution in [2.75, 3.05) is 13.7 Å². The van der Waals surface area contributed by atoms with Crippen molar-refractivity contribution in [1.29, 1.82) is 0 Å². The van der Waals surface area contributed by atoms with E-state index >= 15 is 0 Å². The van der Waals surface area contributed by atoms with Crippen LogP contribution in [0.1, 0.15) is 12.5 Å². The molecule has 0 saturated carbocycles. The number of esters is 1. The van der Waals surface area contributed by atoms with Gasteiger partial charge in [0.15, 0.2) is 11.2 Å². The topological polar surface area (TPSA) is 78.9 Å². The summed E-state index contributed by atoms with van der Waals surface area (Å²) in [6.07, 6.45) is 4.44. The van der Waals surface area contributed by atoms with Crippen LogP contribution >= 0.6 is 0 Å². The van der Waals surface area contributed by atoms with Gasteiger partial charge in [0.05, 0.1) is 20.0 Å². The number of methoxy groups -OCH3 is 1. The Morgan fingerprint density at radius 2 is 2.00 bits per heavy atom. The molecule has 6 nitrogen and oxygen atoms in total. The molecule has 0 radical (unpaired) electrons. The summed E-state index contributed by atoms with van der Waals surface area (Å²) in [6.45, 7) is 2.03. The zero-order chi connectivity index (χ0) is 16.4. The van der Waals surface area contributed by atoms with Gasteiger partial charge in [0, 0.05) is 22.9 Å². The first-order chi connectivity index (χ1) is 11.2. The lowest BCUT2D eigenvalue weighted by atomic mass is 10.0. The second-order valence-electron chi connectivity index (χ2n) is 4.69. The number of hydrogen-bond donors (Lipinski definition) is 0. The highest BCUT2D eigenvalue weighted by Crippen LogP contribution is 2.38. The van der Waals surface area contributed by atoms with Crippen LogP contribution in [0.15, 0.2) is 44.2 Å². The van der Waals surface area contributed by atoms with Crippen LogP contribution in [0.5, 0.6) is 5.75 Å². The van der Waals surface area contributed by atoms with Gasteiger partial charge in [0.1, 0.15) is 0 Å². The Balaban J connectivity index is 2.32. The second kappa shape index (κ2) is 6.00. The maximum Gasteiger partial charge on any atom is 0.336 e. The highest BCUT2D eigenvalue weighted by molar-refractivity contribution is 6.09. The number of rotatable bonds is 4. The average Bonchev–Trinajstić information content (AvgIpc) is 3.00. The van der Waals surface area contributed by atoms with E-state index in [-0.39, 0.29) is 5.58 Å². The van der Waals surface area contributed by atoms with E-state index < -0.39 is 11.6 Å². The third kappa shape index (κ3) is 2.59. The van der Waals surface area contributed by atoms with E-state index in [1.807, 2.05) is 0 Å². The van der Waals surface area contributed by atoms with Crippen molar-refractivity contribution < 1.29 is 23.1 Å². The fraction of sp³-hybridized carbons (Fsp3) is 0.176.